The van der Waals surface area contributed by atoms with E-state index in [2.05, 4.69) is 59.0 Å². The largest absolute Gasteiger partial charge is 0.398 e. The predicted octanol–water partition coefficient (Wildman–Crippen LogP) is 4.99. The van der Waals surface area contributed by atoms with Crippen LogP contribution in [-0.2, 0) is 5.41 Å². The van der Waals surface area contributed by atoms with Gasteiger partial charge in [0.25, 0.3) is 5.56 Å². The van der Waals surface area contributed by atoms with E-state index >= 15 is 0 Å². The molecule has 0 radical (unpaired) electrons. The highest BCUT2D eigenvalue weighted by Crippen LogP contribution is 2.41. The minimum Gasteiger partial charge on any atom is -0.398 e. The monoisotopic (exact) mass is 441 g/mol. The third-order valence-corrected chi connectivity index (χ3v) is 6.69. The quantitative estimate of drug-likeness (QED) is 0.391. The van der Waals surface area contributed by atoms with E-state index in [1.165, 1.54) is 16.9 Å². The molecule has 138 valence electrons. The number of aromatic nitrogens is 1. The Morgan fingerprint density at radius 2 is 1.89 bits per heavy atom. The molecule has 4 nitrogen and oxygen atoms in total. The third kappa shape index (κ3) is 2.88. The topological polar surface area (TPSA) is 84.9 Å². The summed E-state index contributed by atoms with van der Waals surface area (Å²) in [5.41, 5.74) is 16.7. The standard InChI is InChI=1S/C21H20BrN3OS/c1-21(2,10-23)12-5-3-11(4-6-12)16-15(24)9-14(22)18-17(16)13-7-8-27-19(13)20(26)25-18/h3-9H,10,23-24H2,1-2H3,(H,25,26). The lowest BCUT2D eigenvalue weighted by molar-refractivity contribution is 0.539. The number of fused-ring (bicyclic) bond motifs is 3. The van der Waals surface area contributed by atoms with Crippen LogP contribution in [0.5, 0.6) is 0 Å². The summed E-state index contributed by atoms with van der Waals surface area (Å²) in [6.07, 6.45) is 0. The van der Waals surface area contributed by atoms with Gasteiger partial charge in [0.1, 0.15) is 4.70 Å². The minimum atomic E-state index is -0.0856. The summed E-state index contributed by atoms with van der Waals surface area (Å²) >= 11 is 4.99. The van der Waals surface area contributed by atoms with Crippen LogP contribution >= 0.6 is 27.3 Å². The number of halogens is 1. The van der Waals surface area contributed by atoms with Crippen molar-refractivity contribution in [1.29, 1.82) is 0 Å². The van der Waals surface area contributed by atoms with Crippen molar-refractivity contribution >= 4 is 53.9 Å². The highest BCUT2D eigenvalue weighted by molar-refractivity contribution is 9.10. The van der Waals surface area contributed by atoms with Crippen LogP contribution in [0, 0.1) is 0 Å². The number of nitrogens with two attached hydrogens (primary N) is 2. The molecule has 27 heavy (non-hydrogen) atoms. The molecule has 6 heteroatoms. The number of hydrogen-bond donors (Lipinski definition) is 3. The lowest BCUT2D eigenvalue weighted by Gasteiger charge is -2.23. The molecule has 0 atom stereocenters. The molecule has 0 saturated heterocycles. The van der Waals surface area contributed by atoms with Crippen LogP contribution in [0.15, 0.2) is 51.0 Å². The number of nitrogens with one attached hydrogen (secondary N) is 1. The molecule has 0 amide bonds. The van der Waals surface area contributed by atoms with Crippen molar-refractivity contribution in [3.8, 4) is 11.1 Å². The maximum absolute atomic E-state index is 12.4. The first-order valence-corrected chi connectivity index (χ1v) is 10.3. The predicted molar refractivity (Wildman–Crippen MR) is 120 cm³/mol. The molecular formula is C21H20BrN3OS. The number of hydrogen-bond acceptors (Lipinski definition) is 4. The molecule has 2 heterocycles. The molecule has 2 aromatic heterocycles. The molecule has 0 spiro atoms. The molecule has 0 fully saturated rings. The van der Waals surface area contributed by atoms with Crippen LogP contribution in [0.2, 0.25) is 0 Å². The van der Waals surface area contributed by atoms with Gasteiger partial charge in [-0.25, -0.2) is 0 Å². The summed E-state index contributed by atoms with van der Waals surface area (Å²) in [6.45, 7) is 4.84. The van der Waals surface area contributed by atoms with Crippen molar-refractivity contribution in [3.05, 3.63) is 62.2 Å². The van der Waals surface area contributed by atoms with E-state index in [1.54, 1.807) is 0 Å². The average Bonchev–Trinajstić information content (AvgIpc) is 3.14. The highest BCUT2D eigenvalue weighted by Gasteiger charge is 2.20. The first-order valence-electron chi connectivity index (χ1n) is 8.65. The van der Waals surface area contributed by atoms with E-state index in [-0.39, 0.29) is 11.0 Å². The Balaban J connectivity index is 2.05. The molecule has 2 aromatic carbocycles. The van der Waals surface area contributed by atoms with Crippen molar-refractivity contribution in [2.45, 2.75) is 19.3 Å². The number of H-pyrrole nitrogens is 1. The Labute approximate surface area is 169 Å². The van der Waals surface area contributed by atoms with Gasteiger partial charge in [0.05, 0.1) is 5.52 Å². The molecule has 0 bridgehead atoms. The smallest absolute Gasteiger partial charge is 0.266 e. The number of anilines is 1. The van der Waals surface area contributed by atoms with Crippen LogP contribution in [0.1, 0.15) is 19.4 Å². The van der Waals surface area contributed by atoms with Gasteiger partial charge in [-0.1, -0.05) is 38.1 Å². The number of rotatable bonds is 3. The summed E-state index contributed by atoms with van der Waals surface area (Å²) in [6, 6.07) is 12.2. The molecule has 0 saturated carbocycles. The van der Waals surface area contributed by atoms with Crippen molar-refractivity contribution in [2.24, 2.45) is 5.73 Å². The average molecular weight is 442 g/mol. The maximum Gasteiger partial charge on any atom is 0.266 e. The Kier molecular flexibility index (Phi) is 4.37. The van der Waals surface area contributed by atoms with Gasteiger partial charge < -0.3 is 16.5 Å². The minimum absolute atomic E-state index is 0.0797. The fourth-order valence-corrected chi connectivity index (χ4v) is 4.77. The molecule has 5 N–H and O–H groups in total. The van der Waals surface area contributed by atoms with Gasteiger partial charge in [-0.05, 0) is 44.6 Å². The number of thiophene rings is 1. The van der Waals surface area contributed by atoms with Crippen molar-refractivity contribution in [3.63, 3.8) is 0 Å². The fourth-order valence-electron chi connectivity index (χ4n) is 3.43. The zero-order chi connectivity index (χ0) is 19.3. The number of benzene rings is 2. The summed E-state index contributed by atoms with van der Waals surface area (Å²) in [4.78, 5) is 15.4. The molecule has 0 aliphatic carbocycles. The first kappa shape index (κ1) is 18.2. The van der Waals surface area contributed by atoms with Gasteiger partial charge in [0.2, 0.25) is 0 Å². The van der Waals surface area contributed by atoms with E-state index in [9.17, 15) is 4.79 Å². The normalized spacial score (nSPS) is 12.1. The van der Waals surface area contributed by atoms with Crippen molar-refractivity contribution in [2.75, 3.05) is 12.3 Å². The summed E-state index contributed by atoms with van der Waals surface area (Å²) in [7, 11) is 0. The Bertz CT molecular complexity index is 1220. The number of pyridine rings is 1. The third-order valence-electron chi connectivity index (χ3n) is 5.15. The van der Waals surface area contributed by atoms with E-state index in [4.69, 9.17) is 11.5 Å². The van der Waals surface area contributed by atoms with Crippen molar-refractivity contribution < 1.29 is 0 Å². The fraction of sp³-hybridized carbons (Fsp3) is 0.190. The van der Waals surface area contributed by atoms with Crippen LogP contribution in [0.25, 0.3) is 32.1 Å². The second-order valence-electron chi connectivity index (χ2n) is 7.36. The SMILES string of the molecule is CC(C)(CN)c1ccc(-c2c(N)cc(Br)c3[nH]c(=O)c4sccc4c23)cc1. The van der Waals surface area contributed by atoms with Gasteiger partial charge in [0.15, 0.2) is 0 Å². The molecular weight excluding hydrogens is 422 g/mol. The molecule has 0 aliphatic rings. The van der Waals surface area contributed by atoms with Crippen molar-refractivity contribution in [1.82, 2.24) is 4.98 Å². The van der Waals surface area contributed by atoms with Gasteiger partial charge >= 0.3 is 0 Å². The van der Waals surface area contributed by atoms with E-state index < -0.39 is 0 Å². The van der Waals surface area contributed by atoms with Gasteiger partial charge in [-0.2, -0.15) is 0 Å². The molecule has 4 aromatic rings. The zero-order valence-electron chi connectivity index (χ0n) is 15.1. The van der Waals surface area contributed by atoms with E-state index in [0.717, 1.165) is 31.9 Å². The van der Waals surface area contributed by atoms with Crippen LogP contribution in [-0.4, -0.2) is 11.5 Å². The van der Waals surface area contributed by atoms with Gasteiger partial charge in [-0.15, -0.1) is 11.3 Å². The first-order chi connectivity index (χ1) is 12.8. The van der Waals surface area contributed by atoms with E-state index in [0.29, 0.717) is 16.9 Å². The second-order valence-corrected chi connectivity index (χ2v) is 9.13. The molecule has 4 rings (SSSR count). The lowest BCUT2D eigenvalue weighted by atomic mass is 9.84. The maximum atomic E-state index is 12.4. The van der Waals surface area contributed by atoms with Crippen LogP contribution < -0.4 is 17.0 Å². The van der Waals surface area contributed by atoms with E-state index in [1.807, 2.05) is 17.5 Å². The lowest BCUT2D eigenvalue weighted by Crippen LogP contribution is -2.27. The summed E-state index contributed by atoms with van der Waals surface area (Å²) in [5.74, 6) is 0. The van der Waals surface area contributed by atoms with Crippen LogP contribution in [0.4, 0.5) is 5.69 Å². The second kappa shape index (κ2) is 6.48. The van der Waals surface area contributed by atoms with Crippen LogP contribution in [0.3, 0.4) is 0 Å². The Morgan fingerprint density at radius 1 is 1.19 bits per heavy atom. The van der Waals surface area contributed by atoms with Gasteiger partial charge in [0, 0.05) is 38.5 Å². The highest BCUT2D eigenvalue weighted by atomic mass is 79.9. The molecule has 0 aliphatic heterocycles. The number of aromatic amines is 1. The summed E-state index contributed by atoms with van der Waals surface area (Å²) in [5, 5.41) is 3.82. The summed E-state index contributed by atoms with van der Waals surface area (Å²) < 4.78 is 1.49. The zero-order valence-corrected chi connectivity index (χ0v) is 17.5. The Hall–Kier alpha value is -2.15. The molecule has 0 unspecified atom stereocenters. The Morgan fingerprint density at radius 3 is 2.56 bits per heavy atom. The van der Waals surface area contributed by atoms with Gasteiger partial charge in [-0.3, -0.25) is 4.79 Å². The number of nitrogen functional groups attached to an aromatic ring is 1.